The average Bonchev–Trinajstić information content (AvgIpc) is 2.85. The summed E-state index contributed by atoms with van der Waals surface area (Å²) < 4.78 is 71.0. The summed E-state index contributed by atoms with van der Waals surface area (Å²) in [5.41, 5.74) is 0.744. The molecule has 13 heteroatoms. The van der Waals surface area contributed by atoms with E-state index in [0.29, 0.717) is 31.6 Å². The molecule has 0 atom stereocenters. The number of carbonyl (C=O) groups excluding carboxylic acids is 1. The van der Waals surface area contributed by atoms with E-state index >= 15 is 0 Å². The molecule has 254 valence electrons. The van der Waals surface area contributed by atoms with E-state index in [9.17, 15) is 30.7 Å². The summed E-state index contributed by atoms with van der Waals surface area (Å²) in [6, 6.07) is 7.03. The Balaban J connectivity index is -0.00000560. The maximum Gasteiger partial charge on any atom is 1.00 e. The van der Waals surface area contributed by atoms with Gasteiger partial charge >= 0.3 is 35.7 Å². The Morgan fingerprint density at radius 2 is 1.18 bits per heavy atom. The molecule has 1 aromatic carbocycles. The van der Waals surface area contributed by atoms with Crippen molar-refractivity contribution in [1.82, 2.24) is 0 Å². The first-order valence-corrected chi connectivity index (χ1v) is 18.1. The Labute approximate surface area is 291 Å². The molecule has 0 aliphatic heterocycles. The second-order valence-corrected chi connectivity index (χ2v) is 14.4. The van der Waals surface area contributed by atoms with E-state index in [1.807, 2.05) is 18.7 Å². The monoisotopic (exact) mass is 673 g/mol. The van der Waals surface area contributed by atoms with Crippen molar-refractivity contribution in [2.24, 2.45) is 0 Å². The molecule has 0 fully saturated rings. The zero-order valence-corrected chi connectivity index (χ0v) is 29.7. The summed E-state index contributed by atoms with van der Waals surface area (Å²) in [5, 5.41) is 2.75. The van der Waals surface area contributed by atoms with E-state index in [2.05, 4.69) is 12.2 Å². The van der Waals surface area contributed by atoms with Gasteiger partial charge in [-0.2, -0.15) is 0 Å². The van der Waals surface area contributed by atoms with Crippen LogP contribution in [0.15, 0.2) is 24.3 Å². The van der Waals surface area contributed by atoms with E-state index in [4.69, 9.17) is 4.74 Å². The van der Waals surface area contributed by atoms with Crippen LogP contribution >= 0.6 is 0 Å². The van der Waals surface area contributed by atoms with Crippen LogP contribution in [0, 0.1) is 0 Å². The number of anilines is 2. The topological polar surface area (TPSA) is 156 Å². The summed E-state index contributed by atoms with van der Waals surface area (Å²) in [7, 11) is -8.58. The van der Waals surface area contributed by atoms with Gasteiger partial charge in [0.15, 0.2) is 0 Å². The summed E-state index contributed by atoms with van der Waals surface area (Å²) in [4.78, 5) is 14.5. The zero-order chi connectivity index (χ0) is 30.8. The molecule has 0 bridgehead atoms. The van der Waals surface area contributed by atoms with Gasteiger partial charge in [0.1, 0.15) is 5.60 Å². The Morgan fingerprint density at radius 3 is 1.61 bits per heavy atom. The van der Waals surface area contributed by atoms with Crippen molar-refractivity contribution < 1.29 is 65.0 Å². The molecule has 1 N–H and O–H groups in total. The number of nitrogens with one attached hydrogen (secondary N) is 1. The van der Waals surface area contributed by atoms with Crippen LogP contribution in [0.4, 0.5) is 16.2 Å². The van der Waals surface area contributed by atoms with E-state index in [-0.39, 0.29) is 57.3 Å². The molecule has 10 nitrogen and oxygen atoms in total. The predicted molar refractivity (Wildman–Crippen MR) is 176 cm³/mol. The summed E-state index contributed by atoms with van der Waals surface area (Å²) in [6.45, 7) is 6.94. The van der Waals surface area contributed by atoms with Crippen LogP contribution in [0.5, 0.6) is 0 Å². The molecule has 0 saturated heterocycles. The Kier molecular flexibility index (Phi) is 27.2. The van der Waals surface area contributed by atoms with Crippen LogP contribution in [-0.4, -0.2) is 62.2 Å². The maximum atomic E-state index is 12.5. The third-order valence-corrected chi connectivity index (χ3v) is 8.45. The minimum absolute atomic E-state index is 0. The summed E-state index contributed by atoms with van der Waals surface area (Å²) >= 11 is 0. The molecule has 0 unspecified atom stereocenters. The van der Waals surface area contributed by atoms with Crippen molar-refractivity contribution >= 4 is 37.7 Å². The number of hydrogen-bond donors (Lipinski definition) is 1. The van der Waals surface area contributed by atoms with E-state index in [1.165, 1.54) is 44.9 Å². The first-order valence-electron chi connectivity index (χ1n) is 14.9. The number of hydrogen-bond acceptors (Lipinski definition) is 9. The number of carbonyl (C=O) groups is 1. The molecule has 1 rings (SSSR count). The fourth-order valence-corrected chi connectivity index (χ4v) is 5.71. The molecule has 1 amide bonds. The smallest absolute Gasteiger partial charge is 0.748 e. The SMILES string of the molecule is C.C.CCCCCCCCCCCC(C)(C)OC(=O)Nc1ccc(N(CCCCS(=O)(=O)[O-])CCCCS(=O)(=O)[O-])cc1.[Na+]. The molecule has 0 aromatic heterocycles. The fraction of sp³-hybridized carbons (Fsp3) is 0.774. The van der Waals surface area contributed by atoms with Crippen molar-refractivity contribution in [2.45, 2.75) is 131 Å². The fourth-order valence-electron chi connectivity index (χ4n) is 4.60. The second-order valence-electron chi connectivity index (χ2n) is 11.3. The molecular formula is C31H58N2NaO8S2-. The van der Waals surface area contributed by atoms with Gasteiger partial charge in [-0.05, 0) is 76.6 Å². The van der Waals surface area contributed by atoms with Crippen LogP contribution < -0.4 is 39.8 Å². The molecule has 44 heavy (non-hydrogen) atoms. The second kappa shape index (κ2) is 25.2. The average molecular weight is 674 g/mol. The van der Waals surface area contributed by atoms with Gasteiger partial charge in [0.05, 0.1) is 20.2 Å². The van der Waals surface area contributed by atoms with Crippen molar-refractivity contribution in [3.8, 4) is 0 Å². The first-order chi connectivity index (χ1) is 19.2. The van der Waals surface area contributed by atoms with Crippen LogP contribution in [-0.2, 0) is 25.0 Å². The Morgan fingerprint density at radius 1 is 0.750 bits per heavy atom. The molecule has 0 heterocycles. The molecule has 0 aliphatic rings. The maximum absolute atomic E-state index is 12.5. The normalized spacial score (nSPS) is 11.5. The third-order valence-electron chi connectivity index (χ3n) is 6.87. The van der Waals surface area contributed by atoms with Gasteiger partial charge in [-0.15, -0.1) is 0 Å². The molecular weight excluding hydrogens is 615 g/mol. The number of rotatable bonds is 23. The van der Waals surface area contributed by atoms with Crippen molar-refractivity contribution in [3.05, 3.63) is 24.3 Å². The number of benzene rings is 1. The van der Waals surface area contributed by atoms with Crippen molar-refractivity contribution in [2.75, 3.05) is 34.8 Å². The van der Waals surface area contributed by atoms with Gasteiger partial charge in [-0.1, -0.05) is 73.1 Å². The number of amides is 1. The van der Waals surface area contributed by atoms with Gasteiger partial charge < -0.3 is 18.7 Å². The van der Waals surface area contributed by atoms with E-state index < -0.39 is 43.4 Å². The molecule has 1 aromatic rings. The molecule has 0 aliphatic carbocycles. The van der Waals surface area contributed by atoms with Gasteiger partial charge in [-0.25, -0.2) is 21.6 Å². The zero-order valence-electron chi connectivity index (χ0n) is 26.1. The van der Waals surface area contributed by atoms with Gasteiger partial charge in [-0.3, -0.25) is 5.32 Å². The molecule has 0 radical (unpaired) electrons. The third kappa shape index (κ3) is 26.3. The number of unbranched alkanes of at least 4 members (excludes halogenated alkanes) is 10. The van der Waals surface area contributed by atoms with Crippen LogP contribution in [0.3, 0.4) is 0 Å². The van der Waals surface area contributed by atoms with Crippen LogP contribution in [0.2, 0.25) is 0 Å². The van der Waals surface area contributed by atoms with Gasteiger partial charge in [0.25, 0.3) is 0 Å². The van der Waals surface area contributed by atoms with Crippen molar-refractivity contribution in [1.29, 1.82) is 0 Å². The first kappa shape index (κ1) is 47.5. The molecule has 0 spiro atoms. The Bertz CT molecular complexity index is 1040. The van der Waals surface area contributed by atoms with E-state index in [1.54, 1.807) is 24.3 Å². The standard InChI is InChI=1S/C29H52N2O8S2.2CH4.Na/c1-4-5-6-7-8-9-10-11-12-21-29(2,3)39-28(32)30-26-17-19-27(20-18-26)31(22-13-15-24-40(33,34)35)23-14-16-25-41(36,37)38;;;/h17-20H,4-16,21-25H2,1-3H3,(H,30,32)(H,33,34,35)(H,36,37,38);2*1H4;/q;;;+1/p-2. The summed E-state index contributed by atoms with van der Waals surface area (Å²) in [5.74, 6) is -0.897. The van der Waals surface area contributed by atoms with Crippen LogP contribution in [0.25, 0.3) is 0 Å². The number of nitrogens with zero attached hydrogens (tertiary/aromatic N) is 1. The largest absolute Gasteiger partial charge is 1.00 e. The van der Waals surface area contributed by atoms with Crippen LogP contribution in [0.1, 0.15) is 126 Å². The predicted octanol–water partition coefficient (Wildman–Crippen LogP) is 4.67. The van der Waals surface area contributed by atoms with Gasteiger partial charge in [0.2, 0.25) is 0 Å². The minimum atomic E-state index is -4.29. The van der Waals surface area contributed by atoms with E-state index in [0.717, 1.165) is 24.9 Å². The summed E-state index contributed by atoms with van der Waals surface area (Å²) in [6.07, 6.45) is 12.6. The molecule has 0 saturated carbocycles. The number of ether oxygens (including phenoxy) is 1. The Hall–Kier alpha value is -0.890. The van der Waals surface area contributed by atoms with Gasteiger partial charge in [0, 0.05) is 36.0 Å². The van der Waals surface area contributed by atoms with Crippen molar-refractivity contribution in [3.63, 3.8) is 0 Å². The quantitative estimate of drug-likeness (QED) is 0.0991. The minimum Gasteiger partial charge on any atom is -0.748 e.